The van der Waals surface area contributed by atoms with Crippen molar-refractivity contribution in [1.82, 2.24) is 15.5 Å². The molecule has 0 radical (unpaired) electrons. The minimum absolute atomic E-state index is 0.243. The van der Waals surface area contributed by atoms with Crippen LogP contribution in [0.5, 0.6) is 5.75 Å². The van der Waals surface area contributed by atoms with Crippen LogP contribution in [0.3, 0.4) is 0 Å². The molecule has 1 aromatic carbocycles. The van der Waals surface area contributed by atoms with Crippen molar-refractivity contribution in [3.63, 3.8) is 0 Å². The van der Waals surface area contributed by atoms with E-state index in [1.807, 2.05) is 18.3 Å². The van der Waals surface area contributed by atoms with Gasteiger partial charge in [-0.05, 0) is 43.7 Å². The first-order chi connectivity index (χ1) is 14.1. The van der Waals surface area contributed by atoms with Crippen molar-refractivity contribution in [2.45, 2.75) is 26.4 Å². The molecule has 0 saturated carbocycles. The average molecular weight is 421 g/mol. The van der Waals surface area contributed by atoms with Gasteiger partial charge in [0.15, 0.2) is 17.5 Å². The number of halogens is 1. The second kappa shape index (κ2) is 10.6. The zero-order valence-electron chi connectivity index (χ0n) is 16.9. The van der Waals surface area contributed by atoms with Crippen LogP contribution in [0.2, 0.25) is 0 Å². The van der Waals surface area contributed by atoms with Crippen molar-refractivity contribution in [2.75, 3.05) is 39.4 Å². The molecule has 29 heavy (non-hydrogen) atoms. The Morgan fingerprint density at radius 1 is 1.28 bits per heavy atom. The van der Waals surface area contributed by atoms with E-state index in [-0.39, 0.29) is 11.8 Å². The number of aliphatic imine (C=N–C) groups is 1. The molecule has 2 heterocycles. The molecule has 1 aliphatic rings. The number of guanidine groups is 1. The maximum absolute atomic E-state index is 13.6. The number of aromatic hydroxyl groups is 1. The number of aryl methyl sites for hydroxylation is 1. The molecular weight excluding hydrogens is 391 g/mol. The van der Waals surface area contributed by atoms with Crippen molar-refractivity contribution in [1.29, 1.82) is 0 Å². The van der Waals surface area contributed by atoms with E-state index >= 15 is 0 Å². The van der Waals surface area contributed by atoms with Gasteiger partial charge in [0.2, 0.25) is 0 Å². The zero-order chi connectivity index (χ0) is 20.6. The van der Waals surface area contributed by atoms with E-state index in [1.165, 1.54) is 21.9 Å². The molecule has 0 amide bonds. The summed E-state index contributed by atoms with van der Waals surface area (Å²) in [4.78, 5) is 9.65. The normalized spacial score (nSPS) is 16.6. The highest BCUT2D eigenvalue weighted by atomic mass is 32.1. The Balaban J connectivity index is 1.69. The topological polar surface area (TPSA) is 69.1 Å². The van der Waals surface area contributed by atoms with E-state index in [4.69, 9.17) is 4.74 Å². The number of nitrogens with one attached hydrogen (secondary N) is 2. The minimum atomic E-state index is -0.629. The zero-order valence-corrected chi connectivity index (χ0v) is 17.8. The summed E-state index contributed by atoms with van der Waals surface area (Å²) in [5, 5.41) is 16.0. The summed E-state index contributed by atoms with van der Waals surface area (Å²) in [6.07, 6.45) is 0. The van der Waals surface area contributed by atoms with E-state index in [2.05, 4.69) is 39.6 Å². The lowest BCUT2D eigenvalue weighted by Crippen LogP contribution is -2.46. The molecular formula is C21H29FN4O2S. The Hall–Kier alpha value is -2.16. The van der Waals surface area contributed by atoms with Crippen LogP contribution in [0.4, 0.5) is 4.39 Å². The number of thiophene rings is 1. The van der Waals surface area contributed by atoms with Crippen molar-refractivity contribution in [3.05, 3.63) is 51.5 Å². The molecule has 1 saturated heterocycles. The molecule has 3 N–H and O–H groups in total. The summed E-state index contributed by atoms with van der Waals surface area (Å²) < 4.78 is 19.1. The van der Waals surface area contributed by atoms with Crippen LogP contribution in [-0.2, 0) is 11.3 Å². The van der Waals surface area contributed by atoms with Crippen LogP contribution in [-0.4, -0.2) is 55.4 Å². The van der Waals surface area contributed by atoms with Gasteiger partial charge in [-0.25, -0.2) is 9.38 Å². The van der Waals surface area contributed by atoms with Gasteiger partial charge in [0.05, 0.1) is 25.8 Å². The Bertz CT molecular complexity index is 821. The summed E-state index contributed by atoms with van der Waals surface area (Å²) in [6.45, 7) is 9.23. The second-order valence-electron chi connectivity index (χ2n) is 6.97. The maximum atomic E-state index is 13.6. The molecule has 1 atom stereocenters. The smallest absolute Gasteiger partial charge is 0.191 e. The van der Waals surface area contributed by atoms with E-state index in [0.29, 0.717) is 18.1 Å². The number of benzene rings is 1. The lowest BCUT2D eigenvalue weighted by Gasteiger charge is -2.34. The van der Waals surface area contributed by atoms with E-state index in [9.17, 15) is 9.50 Å². The van der Waals surface area contributed by atoms with Gasteiger partial charge in [-0.15, -0.1) is 11.3 Å². The molecule has 1 fully saturated rings. The quantitative estimate of drug-likeness (QED) is 0.475. The molecule has 3 rings (SSSR count). The fourth-order valence-electron chi connectivity index (χ4n) is 3.29. The minimum Gasteiger partial charge on any atom is -0.505 e. The summed E-state index contributed by atoms with van der Waals surface area (Å²) >= 11 is 1.82. The fraction of sp³-hybridized carbons (Fsp3) is 0.476. The molecule has 8 heteroatoms. The third-order valence-corrected chi connectivity index (χ3v) is 5.92. The standard InChI is InChI=1S/C21H29FN4O2S/c1-3-23-21(24-13-16-5-6-19(27)17(22)12-16)25-14-18(20-7-4-15(2)29-20)26-8-10-28-11-9-26/h4-7,12,18,27H,3,8-11,13-14H2,1-2H3,(H2,23,24,25). The van der Waals surface area contributed by atoms with E-state index in [0.717, 1.165) is 39.4 Å². The first kappa shape index (κ1) is 21.5. The number of phenolic OH excluding ortho intramolecular Hbond substituents is 1. The Morgan fingerprint density at radius 2 is 2.07 bits per heavy atom. The maximum Gasteiger partial charge on any atom is 0.191 e. The van der Waals surface area contributed by atoms with Gasteiger partial charge in [-0.2, -0.15) is 0 Å². The van der Waals surface area contributed by atoms with Crippen LogP contribution < -0.4 is 10.6 Å². The number of hydrogen-bond acceptors (Lipinski definition) is 5. The number of hydrogen-bond donors (Lipinski definition) is 3. The SMILES string of the molecule is CCNC(=NCc1ccc(O)c(F)c1)NCC(c1ccc(C)s1)N1CCOCC1. The second-order valence-corrected chi connectivity index (χ2v) is 8.29. The van der Waals surface area contributed by atoms with Crippen LogP contribution in [0.15, 0.2) is 35.3 Å². The molecule has 0 spiro atoms. The summed E-state index contributed by atoms with van der Waals surface area (Å²) in [6, 6.07) is 8.95. The average Bonchev–Trinajstić information content (AvgIpc) is 3.15. The van der Waals surface area contributed by atoms with Crippen molar-refractivity contribution >= 4 is 17.3 Å². The molecule has 158 valence electrons. The Labute approximate surface area is 175 Å². The van der Waals surface area contributed by atoms with E-state index in [1.54, 1.807) is 6.07 Å². The van der Waals surface area contributed by atoms with Crippen LogP contribution >= 0.6 is 11.3 Å². The monoisotopic (exact) mass is 420 g/mol. The molecule has 6 nitrogen and oxygen atoms in total. The number of morpholine rings is 1. The van der Waals surface area contributed by atoms with Crippen LogP contribution in [0, 0.1) is 12.7 Å². The van der Waals surface area contributed by atoms with Crippen LogP contribution in [0.25, 0.3) is 0 Å². The van der Waals surface area contributed by atoms with Gasteiger partial charge in [0.1, 0.15) is 0 Å². The predicted octanol–water partition coefficient (Wildman–Crippen LogP) is 3.03. The third kappa shape index (κ3) is 6.16. The molecule has 1 unspecified atom stereocenters. The lowest BCUT2D eigenvalue weighted by molar-refractivity contribution is 0.0177. The van der Waals surface area contributed by atoms with Gasteiger partial charge in [-0.3, -0.25) is 4.90 Å². The highest BCUT2D eigenvalue weighted by molar-refractivity contribution is 7.12. The van der Waals surface area contributed by atoms with Crippen LogP contribution in [0.1, 0.15) is 28.3 Å². The number of ether oxygens (including phenoxy) is 1. The van der Waals surface area contributed by atoms with Gasteiger partial charge in [-0.1, -0.05) is 6.07 Å². The van der Waals surface area contributed by atoms with Crippen molar-refractivity contribution < 1.29 is 14.2 Å². The predicted molar refractivity (Wildman–Crippen MR) is 115 cm³/mol. The number of phenols is 1. The van der Waals surface area contributed by atoms with Gasteiger partial charge >= 0.3 is 0 Å². The third-order valence-electron chi connectivity index (χ3n) is 4.81. The highest BCUT2D eigenvalue weighted by Crippen LogP contribution is 2.28. The first-order valence-corrected chi connectivity index (χ1v) is 10.8. The number of nitrogens with zero attached hydrogens (tertiary/aromatic N) is 2. The summed E-state index contributed by atoms with van der Waals surface area (Å²) in [5.41, 5.74) is 0.705. The van der Waals surface area contributed by atoms with Crippen molar-refractivity contribution in [2.24, 2.45) is 4.99 Å². The van der Waals surface area contributed by atoms with Gasteiger partial charge < -0.3 is 20.5 Å². The first-order valence-electron chi connectivity index (χ1n) is 9.94. The Kier molecular flexibility index (Phi) is 7.85. The van der Waals surface area contributed by atoms with Gasteiger partial charge in [0.25, 0.3) is 0 Å². The molecule has 0 aliphatic carbocycles. The number of rotatable bonds is 7. The van der Waals surface area contributed by atoms with Gasteiger partial charge in [0, 0.05) is 35.9 Å². The Morgan fingerprint density at radius 3 is 2.72 bits per heavy atom. The summed E-state index contributed by atoms with van der Waals surface area (Å²) in [7, 11) is 0. The summed E-state index contributed by atoms with van der Waals surface area (Å²) in [5.74, 6) is -0.286. The van der Waals surface area contributed by atoms with Crippen molar-refractivity contribution in [3.8, 4) is 5.75 Å². The molecule has 1 aliphatic heterocycles. The molecule has 2 aromatic rings. The largest absolute Gasteiger partial charge is 0.505 e. The highest BCUT2D eigenvalue weighted by Gasteiger charge is 2.24. The molecule has 1 aromatic heterocycles. The van der Waals surface area contributed by atoms with E-state index < -0.39 is 5.82 Å². The molecule has 0 bridgehead atoms. The fourth-order valence-corrected chi connectivity index (χ4v) is 4.30. The lowest BCUT2D eigenvalue weighted by atomic mass is 10.2.